The van der Waals surface area contributed by atoms with Crippen molar-refractivity contribution in [2.45, 2.75) is 13.8 Å². The second-order valence-electron chi connectivity index (χ2n) is 2.03. The predicted octanol–water partition coefficient (Wildman–Crippen LogP) is 0.203. The van der Waals surface area contributed by atoms with Crippen molar-refractivity contribution in [3.8, 4) is 0 Å². The van der Waals surface area contributed by atoms with Crippen LogP contribution >= 0.6 is 0 Å². The van der Waals surface area contributed by atoms with Crippen molar-refractivity contribution in [2.75, 3.05) is 0 Å². The topological polar surface area (TPSA) is 88.2 Å². The monoisotopic (exact) mass is 140 g/mol. The summed E-state index contributed by atoms with van der Waals surface area (Å²) < 4.78 is 0. The lowest BCUT2D eigenvalue weighted by Gasteiger charge is -1.91. The van der Waals surface area contributed by atoms with Crippen molar-refractivity contribution in [2.24, 2.45) is 16.5 Å². The van der Waals surface area contributed by atoms with Gasteiger partial charge in [-0.1, -0.05) is 0 Å². The smallest absolute Gasteiger partial charge is 0.148 e. The molecule has 0 atom stereocenters. The van der Waals surface area contributed by atoms with E-state index in [1.54, 1.807) is 13.8 Å². The summed E-state index contributed by atoms with van der Waals surface area (Å²) in [5, 5.41) is 7.13. The number of amidine groups is 2. The molecule has 0 unspecified atom stereocenters. The van der Waals surface area contributed by atoms with Crippen molar-refractivity contribution in [1.82, 2.24) is 0 Å². The highest BCUT2D eigenvalue weighted by Crippen LogP contribution is 1.84. The molecule has 0 saturated carbocycles. The first-order chi connectivity index (χ1) is 4.52. The van der Waals surface area contributed by atoms with Crippen molar-refractivity contribution in [1.29, 1.82) is 5.41 Å². The van der Waals surface area contributed by atoms with Gasteiger partial charge in [0, 0.05) is 11.8 Å². The Morgan fingerprint density at radius 2 is 1.90 bits per heavy atom. The zero-order valence-electron chi connectivity index (χ0n) is 6.18. The van der Waals surface area contributed by atoms with E-state index in [2.05, 4.69) is 4.99 Å². The van der Waals surface area contributed by atoms with E-state index in [4.69, 9.17) is 16.9 Å². The van der Waals surface area contributed by atoms with E-state index in [-0.39, 0.29) is 5.84 Å². The van der Waals surface area contributed by atoms with Crippen LogP contribution in [0.4, 0.5) is 0 Å². The summed E-state index contributed by atoms with van der Waals surface area (Å²) >= 11 is 0. The van der Waals surface area contributed by atoms with Crippen molar-refractivity contribution in [3.05, 3.63) is 11.8 Å². The highest BCUT2D eigenvalue weighted by atomic mass is 14.9. The average Bonchev–Trinajstić information content (AvgIpc) is 1.58. The quantitative estimate of drug-likeness (QED) is 0.359. The summed E-state index contributed by atoms with van der Waals surface area (Å²) in [4.78, 5) is 3.64. The molecule has 0 bridgehead atoms. The van der Waals surface area contributed by atoms with E-state index in [0.29, 0.717) is 11.5 Å². The molecule has 0 radical (unpaired) electrons. The summed E-state index contributed by atoms with van der Waals surface area (Å²) in [6.07, 6.45) is 1.44. The minimum atomic E-state index is 0.0833. The van der Waals surface area contributed by atoms with Gasteiger partial charge < -0.3 is 11.5 Å². The van der Waals surface area contributed by atoms with Gasteiger partial charge in [0.2, 0.25) is 0 Å². The molecule has 0 aliphatic carbocycles. The standard InChI is InChI=1S/C6H12N4/c1-4(7)3-6(9)10-5(2)8/h3H,7H2,1-2H3,(H3,8,9,10)/b4-3-. The molecule has 0 spiro atoms. The molecule has 0 aromatic carbocycles. The molecular formula is C6H12N4. The molecule has 0 aliphatic rings. The Morgan fingerprint density at radius 3 is 2.20 bits per heavy atom. The van der Waals surface area contributed by atoms with Crippen molar-refractivity contribution >= 4 is 11.7 Å². The highest BCUT2D eigenvalue weighted by Gasteiger charge is 1.86. The summed E-state index contributed by atoms with van der Waals surface area (Å²) in [6, 6.07) is 0. The van der Waals surface area contributed by atoms with E-state index in [9.17, 15) is 0 Å². The fourth-order valence-corrected chi connectivity index (χ4v) is 0.438. The van der Waals surface area contributed by atoms with Gasteiger partial charge in [0.05, 0.1) is 5.84 Å². The second kappa shape index (κ2) is 3.66. The van der Waals surface area contributed by atoms with E-state index in [1.807, 2.05) is 0 Å². The summed E-state index contributed by atoms with van der Waals surface area (Å²) in [5.41, 5.74) is 11.0. The van der Waals surface area contributed by atoms with Gasteiger partial charge in [0.25, 0.3) is 0 Å². The Bertz CT molecular complexity index is 162. The lowest BCUT2D eigenvalue weighted by molar-refractivity contribution is 1.31. The van der Waals surface area contributed by atoms with Crippen LogP contribution in [0.15, 0.2) is 16.8 Å². The molecule has 0 aromatic heterocycles. The van der Waals surface area contributed by atoms with Crippen LogP contribution in [0.3, 0.4) is 0 Å². The molecule has 0 aromatic rings. The average molecular weight is 140 g/mol. The van der Waals surface area contributed by atoms with Crippen LogP contribution in [0.1, 0.15) is 13.8 Å². The van der Waals surface area contributed by atoms with Crippen LogP contribution in [0.25, 0.3) is 0 Å². The minimum absolute atomic E-state index is 0.0833. The van der Waals surface area contributed by atoms with Gasteiger partial charge in [0.15, 0.2) is 0 Å². The molecule has 56 valence electrons. The van der Waals surface area contributed by atoms with Crippen LogP contribution in [0.5, 0.6) is 0 Å². The Kier molecular flexibility index (Phi) is 3.17. The molecule has 5 N–H and O–H groups in total. The van der Waals surface area contributed by atoms with Gasteiger partial charge in [-0.2, -0.15) is 0 Å². The van der Waals surface area contributed by atoms with E-state index in [0.717, 1.165) is 0 Å². The Balaban J connectivity index is 4.14. The number of nitrogens with zero attached hydrogens (tertiary/aromatic N) is 1. The molecule has 0 amide bonds. The SMILES string of the molecule is CC(N)=NC(=N)/C=C(/C)N. The fraction of sp³-hybridized carbons (Fsp3) is 0.333. The van der Waals surface area contributed by atoms with Crippen LogP contribution in [0.2, 0.25) is 0 Å². The first-order valence-corrected chi connectivity index (χ1v) is 2.85. The summed E-state index contributed by atoms with van der Waals surface area (Å²) in [7, 11) is 0. The molecule has 0 rings (SSSR count). The normalized spacial score (nSPS) is 13.4. The van der Waals surface area contributed by atoms with Gasteiger partial charge in [-0.15, -0.1) is 0 Å². The summed E-state index contributed by atoms with van der Waals surface area (Å²) in [5.74, 6) is 0.447. The van der Waals surface area contributed by atoms with Gasteiger partial charge in [-0.3, -0.25) is 5.41 Å². The number of rotatable bonds is 1. The number of hydrogen-bond donors (Lipinski definition) is 3. The second-order valence-corrected chi connectivity index (χ2v) is 2.03. The third-order valence-corrected chi connectivity index (χ3v) is 0.661. The number of nitrogens with two attached hydrogens (primary N) is 2. The van der Waals surface area contributed by atoms with Crippen LogP contribution < -0.4 is 11.5 Å². The Morgan fingerprint density at radius 1 is 1.40 bits per heavy atom. The van der Waals surface area contributed by atoms with E-state index < -0.39 is 0 Å². The third kappa shape index (κ3) is 4.83. The molecule has 0 heterocycles. The zero-order valence-corrected chi connectivity index (χ0v) is 6.18. The Labute approximate surface area is 60.1 Å². The maximum atomic E-state index is 7.13. The minimum Gasteiger partial charge on any atom is -0.402 e. The summed E-state index contributed by atoms with van der Waals surface area (Å²) in [6.45, 7) is 3.31. The number of aliphatic imine (C=N–C) groups is 1. The van der Waals surface area contributed by atoms with Crippen LogP contribution in [0, 0.1) is 5.41 Å². The highest BCUT2D eigenvalue weighted by molar-refractivity contribution is 6.00. The van der Waals surface area contributed by atoms with Gasteiger partial charge in [-0.25, -0.2) is 4.99 Å². The zero-order chi connectivity index (χ0) is 8.15. The number of allylic oxidation sites excluding steroid dienone is 1. The fourth-order valence-electron chi connectivity index (χ4n) is 0.438. The van der Waals surface area contributed by atoms with Gasteiger partial charge in [-0.05, 0) is 13.8 Å². The maximum Gasteiger partial charge on any atom is 0.148 e. The molecule has 4 nitrogen and oxygen atoms in total. The van der Waals surface area contributed by atoms with Crippen molar-refractivity contribution in [3.63, 3.8) is 0 Å². The van der Waals surface area contributed by atoms with Crippen LogP contribution in [-0.4, -0.2) is 11.7 Å². The molecular weight excluding hydrogens is 128 g/mol. The van der Waals surface area contributed by atoms with Gasteiger partial charge >= 0.3 is 0 Å². The largest absolute Gasteiger partial charge is 0.402 e. The lowest BCUT2D eigenvalue weighted by Crippen LogP contribution is -2.08. The van der Waals surface area contributed by atoms with E-state index in [1.165, 1.54) is 6.08 Å². The Hall–Kier alpha value is -1.32. The third-order valence-electron chi connectivity index (χ3n) is 0.661. The lowest BCUT2D eigenvalue weighted by atomic mass is 10.4. The predicted molar refractivity (Wildman–Crippen MR) is 43.0 cm³/mol. The molecule has 0 fully saturated rings. The first-order valence-electron chi connectivity index (χ1n) is 2.85. The molecule has 4 heteroatoms. The molecule has 0 aliphatic heterocycles. The first kappa shape index (κ1) is 8.68. The molecule has 0 saturated heterocycles. The number of hydrogen-bond acceptors (Lipinski definition) is 2. The maximum absolute atomic E-state index is 7.13. The van der Waals surface area contributed by atoms with Crippen LogP contribution in [-0.2, 0) is 0 Å². The number of nitrogens with one attached hydrogen (secondary N) is 1. The van der Waals surface area contributed by atoms with E-state index >= 15 is 0 Å². The van der Waals surface area contributed by atoms with Gasteiger partial charge in [0.1, 0.15) is 5.84 Å². The molecule has 10 heavy (non-hydrogen) atoms. The van der Waals surface area contributed by atoms with Crippen molar-refractivity contribution < 1.29 is 0 Å².